The van der Waals surface area contributed by atoms with Gasteiger partial charge in [-0.15, -0.1) is 0 Å². The van der Waals surface area contributed by atoms with Gasteiger partial charge in [0, 0.05) is 18.4 Å². The van der Waals surface area contributed by atoms with Crippen molar-refractivity contribution in [3.05, 3.63) is 64.4 Å². The average molecular weight is 322 g/mol. The summed E-state index contributed by atoms with van der Waals surface area (Å²) in [5, 5.41) is 6.90. The third kappa shape index (κ3) is 2.18. The molecule has 23 heavy (non-hydrogen) atoms. The summed E-state index contributed by atoms with van der Waals surface area (Å²) < 4.78 is 0. The number of hydrogen-bond acceptors (Lipinski definition) is 2. The number of benzene rings is 1. The van der Waals surface area contributed by atoms with Gasteiger partial charge in [-0.2, -0.15) is 0 Å². The minimum absolute atomic E-state index is 0.167. The zero-order valence-electron chi connectivity index (χ0n) is 13.8. The standard InChI is InChI=1S/C20H22N2S/c1-11-8-12(2)18-15(13(11)3)9-21-10-16(18)19-14-6-4-5-7-17(14)22-20(19)23/h4-8,10,12-13,19,21H,9H2,1-3H3,(H,22,23). The lowest BCUT2D eigenvalue weighted by atomic mass is 9.72. The zero-order valence-corrected chi connectivity index (χ0v) is 14.6. The summed E-state index contributed by atoms with van der Waals surface area (Å²) in [6, 6.07) is 8.47. The number of anilines is 1. The van der Waals surface area contributed by atoms with Gasteiger partial charge in [-0.05, 0) is 47.1 Å². The monoisotopic (exact) mass is 322 g/mol. The van der Waals surface area contributed by atoms with Gasteiger partial charge in [0.2, 0.25) is 0 Å². The van der Waals surface area contributed by atoms with Crippen LogP contribution in [0.3, 0.4) is 0 Å². The maximum absolute atomic E-state index is 5.69. The highest BCUT2D eigenvalue weighted by Gasteiger charge is 2.37. The Morgan fingerprint density at radius 2 is 1.96 bits per heavy atom. The molecule has 3 heteroatoms. The molecular formula is C20H22N2S. The summed E-state index contributed by atoms with van der Waals surface area (Å²) in [5.74, 6) is 1.13. The van der Waals surface area contributed by atoms with Crippen molar-refractivity contribution in [3.63, 3.8) is 0 Å². The van der Waals surface area contributed by atoms with E-state index < -0.39 is 0 Å². The predicted octanol–water partition coefficient (Wildman–Crippen LogP) is 4.54. The lowest BCUT2D eigenvalue weighted by molar-refractivity contribution is 0.641. The predicted molar refractivity (Wildman–Crippen MR) is 101 cm³/mol. The van der Waals surface area contributed by atoms with Gasteiger partial charge < -0.3 is 10.6 Å². The fourth-order valence-corrected chi connectivity index (χ4v) is 4.59. The van der Waals surface area contributed by atoms with E-state index in [9.17, 15) is 0 Å². The first-order chi connectivity index (χ1) is 11.1. The van der Waals surface area contributed by atoms with Gasteiger partial charge >= 0.3 is 0 Å². The third-order valence-electron chi connectivity index (χ3n) is 5.48. The smallest absolute Gasteiger partial charge is 0.0919 e. The summed E-state index contributed by atoms with van der Waals surface area (Å²) >= 11 is 5.69. The summed E-state index contributed by atoms with van der Waals surface area (Å²) in [4.78, 5) is 0.916. The quantitative estimate of drug-likeness (QED) is 0.586. The molecule has 0 fully saturated rings. The highest BCUT2D eigenvalue weighted by atomic mass is 32.1. The molecule has 1 aromatic carbocycles. The molecule has 0 aromatic heterocycles. The van der Waals surface area contributed by atoms with Crippen molar-refractivity contribution >= 4 is 22.9 Å². The summed E-state index contributed by atoms with van der Waals surface area (Å²) in [6.45, 7) is 7.82. The van der Waals surface area contributed by atoms with E-state index in [-0.39, 0.29) is 5.92 Å². The maximum atomic E-state index is 5.69. The molecule has 1 aromatic rings. The molecule has 2 heterocycles. The molecule has 118 valence electrons. The van der Waals surface area contributed by atoms with E-state index in [1.54, 1.807) is 0 Å². The molecule has 2 nitrogen and oxygen atoms in total. The Morgan fingerprint density at radius 3 is 2.78 bits per heavy atom. The summed E-state index contributed by atoms with van der Waals surface area (Å²) in [6.07, 6.45) is 4.61. The molecule has 2 N–H and O–H groups in total. The van der Waals surface area contributed by atoms with E-state index in [4.69, 9.17) is 12.2 Å². The molecule has 0 saturated carbocycles. The molecule has 1 aliphatic carbocycles. The Labute approximate surface area is 143 Å². The van der Waals surface area contributed by atoms with E-state index in [2.05, 4.69) is 67.9 Å². The lowest BCUT2D eigenvalue weighted by Crippen LogP contribution is -2.30. The number of allylic oxidation sites excluding steroid dienone is 3. The van der Waals surface area contributed by atoms with E-state index in [0.717, 1.165) is 17.2 Å². The molecule has 3 unspecified atom stereocenters. The van der Waals surface area contributed by atoms with Crippen LogP contribution in [-0.4, -0.2) is 11.5 Å². The molecule has 3 aliphatic rings. The first-order valence-electron chi connectivity index (χ1n) is 8.32. The van der Waals surface area contributed by atoms with E-state index in [1.165, 1.54) is 27.9 Å². The second kappa shape index (κ2) is 5.34. The summed E-state index contributed by atoms with van der Waals surface area (Å²) in [5.41, 5.74) is 8.29. The first-order valence-corrected chi connectivity index (χ1v) is 8.73. The molecule has 0 amide bonds. The van der Waals surface area contributed by atoms with Gasteiger partial charge in [0.25, 0.3) is 0 Å². The number of para-hydroxylation sites is 1. The molecule has 0 radical (unpaired) electrons. The van der Waals surface area contributed by atoms with Crippen LogP contribution >= 0.6 is 12.2 Å². The van der Waals surface area contributed by atoms with Crippen LogP contribution in [0.1, 0.15) is 32.3 Å². The third-order valence-corrected chi connectivity index (χ3v) is 5.82. The van der Waals surface area contributed by atoms with E-state index in [1.807, 2.05) is 0 Å². The van der Waals surface area contributed by atoms with Gasteiger partial charge in [-0.3, -0.25) is 0 Å². The van der Waals surface area contributed by atoms with Crippen molar-refractivity contribution < 1.29 is 0 Å². The van der Waals surface area contributed by atoms with Gasteiger partial charge in [0.05, 0.1) is 10.9 Å². The van der Waals surface area contributed by atoms with Crippen LogP contribution in [0.4, 0.5) is 5.69 Å². The van der Waals surface area contributed by atoms with Gasteiger partial charge in [0.1, 0.15) is 0 Å². The largest absolute Gasteiger partial charge is 0.387 e. The van der Waals surface area contributed by atoms with Crippen LogP contribution < -0.4 is 10.6 Å². The average Bonchev–Trinajstić information content (AvgIpc) is 2.87. The normalized spacial score (nSPS) is 29.2. The summed E-state index contributed by atoms with van der Waals surface area (Å²) in [7, 11) is 0. The number of hydrogen-bond donors (Lipinski definition) is 2. The van der Waals surface area contributed by atoms with Crippen molar-refractivity contribution in [2.45, 2.75) is 26.7 Å². The second-order valence-electron chi connectivity index (χ2n) is 6.85. The SMILES string of the molecule is CC1=CC(C)C2=C(CNC=C2C2C(=S)Nc3ccccc32)C1C. The van der Waals surface area contributed by atoms with E-state index >= 15 is 0 Å². The molecule has 0 saturated heterocycles. The van der Waals surface area contributed by atoms with Gasteiger partial charge in [-0.1, -0.05) is 55.9 Å². The van der Waals surface area contributed by atoms with Crippen LogP contribution in [0.15, 0.2) is 58.8 Å². The van der Waals surface area contributed by atoms with Crippen molar-refractivity contribution in [1.82, 2.24) is 5.32 Å². The molecule has 0 bridgehead atoms. The van der Waals surface area contributed by atoms with Crippen molar-refractivity contribution in [3.8, 4) is 0 Å². The molecular weight excluding hydrogens is 300 g/mol. The van der Waals surface area contributed by atoms with Gasteiger partial charge in [-0.25, -0.2) is 0 Å². The Bertz CT molecular complexity index is 785. The second-order valence-corrected chi connectivity index (χ2v) is 7.29. The zero-order chi connectivity index (χ0) is 16.1. The van der Waals surface area contributed by atoms with E-state index in [0.29, 0.717) is 11.8 Å². The molecule has 0 spiro atoms. The minimum Gasteiger partial charge on any atom is -0.387 e. The topological polar surface area (TPSA) is 24.1 Å². The van der Waals surface area contributed by atoms with Crippen LogP contribution in [-0.2, 0) is 0 Å². The van der Waals surface area contributed by atoms with Crippen molar-refractivity contribution in [2.24, 2.45) is 11.8 Å². The number of nitrogens with one attached hydrogen (secondary N) is 2. The Kier molecular flexibility index (Phi) is 3.42. The highest BCUT2D eigenvalue weighted by molar-refractivity contribution is 7.80. The molecule has 3 atom stereocenters. The maximum Gasteiger partial charge on any atom is 0.0919 e. The fourth-order valence-electron chi connectivity index (χ4n) is 4.22. The number of thiocarbonyl (C=S) groups is 1. The fraction of sp³-hybridized carbons (Fsp3) is 0.350. The van der Waals surface area contributed by atoms with Crippen LogP contribution in [0, 0.1) is 11.8 Å². The first kappa shape index (κ1) is 14.7. The number of fused-ring (bicyclic) bond motifs is 1. The minimum atomic E-state index is 0.167. The van der Waals surface area contributed by atoms with Crippen LogP contribution in [0.5, 0.6) is 0 Å². The lowest BCUT2D eigenvalue weighted by Gasteiger charge is -2.36. The highest BCUT2D eigenvalue weighted by Crippen LogP contribution is 2.46. The van der Waals surface area contributed by atoms with Crippen molar-refractivity contribution in [1.29, 1.82) is 0 Å². The number of dihydropyridines is 1. The molecule has 2 aliphatic heterocycles. The molecule has 4 rings (SSSR count). The van der Waals surface area contributed by atoms with Crippen LogP contribution in [0.25, 0.3) is 0 Å². The Hall–Kier alpha value is -1.87. The van der Waals surface area contributed by atoms with Crippen molar-refractivity contribution in [2.75, 3.05) is 11.9 Å². The van der Waals surface area contributed by atoms with Gasteiger partial charge in [0.15, 0.2) is 0 Å². The van der Waals surface area contributed by atoms with Crippen LogP contribution in [0.2, 0.25) is 0 Å². The number of rotatable bonds is 1. The Morgan fingerprint density at radius 1 is 1.17 bits per heavy atom. The Balaban J connectivity index is 1.83.